The zero-order chi connectivity index (χ0) is 22.8. The van der Waals surface area contributed by atoms with Gasteiger partial charge in [-0.2, -0.15) is 0 Å². The molecule has 32 heavy (non-hydrogen) atoms. The normalized spacial score (nSPS) is 20.9. The van der Waals surface area contributed by atoms with Gasteiger partial charge in [0.25, 0.3) is 0 Å². The monoisotopic (exact) mass is 444 g/mol. The van der Waals surface area contributed by atoms with Crippen LogP contribution in [0.3, 0.4) is 0 Å². The number of guanidine groups is 1. The number of hydrogen-bond acceptors (Lipinski definition) is 5. The van der Waals surface area contributed by atoms with Gasteiger partial charge in [0.15, 0.2) is 5.96 Å². The molecule has 8 nitrogen and oxygen atoms in total. The van der Waals surface area contributed by atoms with Gasteiger partial charge in [-0.25, -0.2) is 4.98 Å². The number of nitrogens with zero attached hydrogens (tertiary/aromatic N) is 3. The van der Waals surface area contributed by atoms with Crippen LogP contribution in [-0.2, 0) is 16.1 Å². The molecule has 1 atom stereocenters. The number of aliphatic imine (C=N–C) groups is 1. The van der Waals surface area contributed by atoms with Crippen molar-refractivity contribution in [3.8, 4) is 0 Å². The Morgan fingerprint density at radius 2 is 2.16 bits per heavy atom. The molecule has 4 N–H and O–H groups in total. The number of piperidine rings is 1. The number of anilines is 1. The smallest absolute Gasteiger partial charge is 0.222 e. The first kappa shape index (κ1) is 24.3. The molecule has 178 valence electrons. The fourth-order valence-corrected chi connectivity index (χ4v) is 5.00. The van der Waals surface area contributed by atoms with E-state index < -0.39 is 0 Å². The van der Waals surface area contributed by atoms with Gasteiger partial charge in [-0.05, 0) is 50.5 Å². The average molecular weight is 445 g/mol. The van der Waals surface area contributed by atoms with E-state index in [1.807, 2.05) is 19.3 Å². The zero-order valence-corrected chi connectivity index (χ0v) is 19.7. The van der Waals surface area contributed by atoms with E-state index in [-0.39, 0.29) is 11.8 Å². The Balaban J connectivity index is 1.58. The van der Waals surface area contributed by atoms with Gasteiger partial charge in [0, 0.05) is 58.2 Å². The summed E-state index contributed by atoms with van der Waals surface area (Å²) in [6, 6.07) is 4.03. The van der Waals surface area contributed by atoms with E-state index in [4.69, 9.17) is 10.5 Å². The largest absolute Gasteiger partial charge is 0.382 e. The molecule has 8 heteroatoms. The molecule has 1 saturated heterocycles. The van der Waals surface area contributed by atoms with Crippen molar-refractivity contribution in [3.05, 3.63) is 23.9 Å². The number of amides is 1. The molecule has 1 saturated carbocycles. The highest BCUT2D eigenvalue weighted by molar-refractivity contribution is 5.80. The SMILES string of the molecule is CCOCCC1(CNC(=NC)NCc2cccnc2N2CCCC(C(N)=O)C2)CCCC1. The maximum absolute atomic E-state index is 11.7. The lowest BCUT2D eigenvalue weighted by Gasteiger charge is -2.33. The third-order valence-electron chi connectivity index (χ3n) is 6.94. The summed E-state index contributed by atoms with van der Waals surface area (Å²) in [5.41, 5.74) is 6.95. The molecule has 0 aromatic carbocycles. The highest BCUT2D eigenvalue weighted by atomic mass is 16.5. The number of carbonyl (C=O) groups excluding carboxylic acids is 1. The van der Waals surface area contributed by atoms with Crippen molar-refractivity contribution in [2.24, 2.45) is 22.1 Å². The minimum Gasteiger partial charge on any atom is -0.382 e. The van der Waals surface area contributed by atoms with Crippen molar-refractivity contribution in [2.45, 2.75) is 58.4 Å². The van der Waals surface area contributed by atoms with Crippen molar-refractivity contribution in [3.63, 3.8) is 0 Å². The lowest BCUT2D eigenvalue weighted by molar-refractivity contribution is -0.122. The van der Waals surface area contributed by atoms with E-state index in [1.54, 1.807) is 0 Å². The molecule has 0 spiro atoms. The molecule has 1 aromatic heterocycles. The summed E-state index contributed by atoms with van der Waals surface area (Å²) >= 11 is 0. The molecule has 2 aliphatic rings. The van der Waals surface area contributed by atoms with Crippen LogP contribution < -0.4 is 21.3 Å². The fraction of sp³-hybridized carbons (Fsp3) is 0.708. The molecule has 2 heterocycles. The second-order valence-electron chi connectivity index (χ2n) is 9.11. The highest BCUT2D eigenvalue weighted by Gasteiger charge is 2.33. The lowest BCUT2D eigenvalue weighted by Crippen LogP contribution is -2.44. The van der Waals surface area contributed by atoms with Crippen LogP contribution in [0.4, 0.5) is 5.82 Å². The molecule has 1 unspecified atom stereocenters. The minimum absolute atomic E-state index is 0.111. The third kappa shape index (κ3) is 6.58. The highest BCUT2D eigenvalue weighted by Crippen LogP contribution is 2.40. The number of carbonyl (C=O) groups is 1. The number of aromatic nitrogens is 1. The first-order chi connectivity index (χ1) is 15.6. The number of rotatable bonds is 10. The molecule has 1 amide bonds. The van der Waals surface area contributed by atoms with Crippen LogP contribution in [0.25, 0.3) is 0 Å². The summed E-state index contributed by atoms with van der Waals surface area (Å²) in [5, 5.41) is 7.02. The number of pyridine rings is 1. The lowest BCUT2D eigenvalue weighted by atomic mass is 9.83. The summed E-state index contributed by atoms with van der Waals surface area (Å²) in [7, 11) is 1.81. The third-order valence-corrected chi connectivity index (χ3v) is 6.94. The first-order valence-corrected chi connectivity index (χ1v) is 12.1. The summed E-state index contributed by atoms with van der Waals surface area (Å²) in [5.74, 6) is 1.39. The zero-order valence-electron chi connectivity index (χ0n) is 19.7. The molecular formula is C24H40N6O2. The number of nitrogens with two attached hydrogens (primary N) is 1. The van der Waals surface area contributed by atoms with Gasteiger partial charge in [-0.1, -0.05) is 18.9 Å². The number of primary amides is 1. The summed E-state index contributed by atoms with van der Waals surface area (Å²) in [6.45, 7) is 6.70. The maximum Gasteiger partial charge on any atom is 0.222 e. The van der Waals surface area contributed by atoms with E-state index in [1.165, 1.54) is 25.7 Å². The Labute approximate surface area is 192 Å². The Hall–Kier alpha value is -2.35. The molecule has 0 radical (unpaired) electrons. The Morgan fingerprint density at radius 3 is 2.88 bits per heavy atom. The van der Waals surface area contributed by atoms with Gasteiger partial charge >= 0.3 is 0 Å². The standard InChI is InChI=1S/C24H40N6O2/c1-3-32-15-12-24(10-4-5-11-24)18-29-23(26-2)28-16-19-8-6-13-27-22(19)30-14-7-9-20(17-30)21(25)31/h6,8,13,20H,3-5,7,9-12,14-18H2,1-2H3,(H2,25,31)(H2,26,28,29). The topological polar surface area (TPSA) is 105 Å². The van der Waals surface area contributed by atoms with Gasteiger partial charge in [0.1, 0.15) is 5.82 Å². The number of nitrogens with one attached hydrogen (secondary N) is 2. The van der Waals surface area contributed by atoms with Crippen molar-refractivity contribution in [1.29, 1.82) is 0 Å². The predicted molar refractivity (Wildman–Crippen MR) is 129 cm³/mol. The molecule has 1 aromatic rings. The number of hydrogen-bond donors (Lipinski definition) is 3. The van der Waals surface area contributed by atoms with Crippen LogP contribution >= 0.6 is 0 Å². The van der Waals surface area contributed by atoms with E-state index in [2.05, 4.69) is 38.5 Å². The fourth-order valence-electron chi connectivity index (χ4n) is 5.00. The summed E-state index contributed by atoms with van der Waals surface area (Å²) in [4.78, 5) is 22.9. The van der Waals surface area contributed by atoms with Gasteiger partial charge in [0.2, 0.25) is 5.91 Å². The second kappa shape index (κ2) is 12.0. The summed E-state index contributed by atoms with van der Waals surface area (Å²) in [6.07, 6.45) is 9.77. The van der Waals surface area contributed by atoms with Crippen LogP contribution in [0.2, 0.25) is 0 Å². The van der Waals surface area contributed by atoms with Gasteiger partial charge in [0.05, 0.1) is 5.92 Å². The number of ether oxygens (including phenoxy) is 1. The van der Waals surface area contributed by atoms with E-state index in [9.17, 15) is 4.79 Å². The van der Waals surface area contributed by atoms with E-state index >= 15 is 0 Å². The molecule has 2 fully saturated rings. The van der Waals surface area contributed by atoms with Crippen molar-refractivity contribution >= 4 is 17.7 Å². The predicted octanol–water partition coefficient (Wildman–Crippen LogP) is 2.44. The van der Waals surface area contributed by atoms with Crippen molar-refractivity contribution in [2.75, 3.05) is 44.8 Å². The van der Waals surface area contributed by atoms with Crippen LogP contribution in [0.15, 0.2) is 23.3 Å². The van der Waals surface area contributed by atoms with Gasteiger partial charge in [-0.3, -0.25) is 9.79 Å². The molecule has 1 aliphatic heterocycles. The van der Waals surface area contributed by atoms with Crippen LogP contribution in [0.5, 0.6) is 0 Å². The Kier molecular flexibility index (Phi) is 9.14. The summed E-state index contributed by atoms with van der Waals surface area (Å²) < 4.78 is 5.64. The molecule has 0 bridgehead atoms. The van der Waals surface area contributed by atoms with Crippen LogP contribution in [0.1, 0.15) is 57.4 Å². The maximum atomic E-state index is 11.7. The minimum atomic E-state index is -0.222. The second-order valence-corrected chi connectivity index (χ2v) is 9.11. The van der Waals surface area contributed by atoms with Gasteiger partial charge in [-0.15, -0.1) is 0 Å². The average Bonchev–Trinajstić information content (AvgIpc) is 3.28. The molecule has 1 aliphatic carbocycles. The van der Waals surface area contributed by atoms with Gasteiger partial charge < -0.3 is 26.0 Å². The Bertz CT molecular complexity index is 763. The van der Waals surface area contributed by atoms with E-state index in [0.717, 1.165) is 62.9 Å². The van der Waals surface area contributed by atoms with Crippen molar-refractivity contribution in [1.82, 2.24) is 15.6 Å². The van der Waals surface area contributed by atoms with E-state index in [0.29, 0.717) is 18.5 Å². The van der Waals surface area contributed by atoms with Crippen LogP contribution in [-0.4, -0.2) is 56.7 Å². The molecular weight excluding hydrogens is 404 g/mol. The molecule has 3 rings (SSSR count). The quantitative estimate of drug-likeness (QED) is 0.291. The van der Waals surface area contributed by atoms with Crippen LogP contribution in [0, 0.1) is 11.3 Å². The Morgan fingerprint density at radius 1 is 1.34 bits per heavy atom. The first-order valence-electron chi connectivity index (χ1n) is 12.1. The van der Waals surface area contributed by atoms with Crippen molar-refractivity contribution < 1.29 is 9.53 Å².